The van der Waals surface area contributed by atoms with E-state index in [9.17, 15) is 0 Å². The van der Waals surface area contributed by atoms with E-state index in [4.69, 9.17) is 4.74 Å². The number of ether oxygens (including phenoxy) is 1. The quantitative estimate of drug-likeness (QED) is 0.739. The van der Waals surface area contributed by atoms with E-state index in [1.807, 2.05) is 24.5 Å². The molecule has 2 aromatic rings. The Balaban J connectivity index is 2.08. The van der Waals surface area contributed by atoms with Gasteiger partial charge in [-0.2, -0.15) is 0 Å². The third-order valence-corrected chi connectivity index (χ3v) is 6.03. The molecule has 0 aliphatic carbocycles. The zero-order chi connectivity index (χ0) is 15.1. The van der Waals surface area contributed by atoms with Gasteiger partial charge in [0.25, 0.3) is 0 Å². The summed E-state index contributed by atoms with van der Waals surface area (Å²) < 4.78 is 7.49. The Morgan fingerprint density at radius 1 is 1.29 bits per heavy atom. The summed E-state index contributed by atoms with van der Waals surface area (Å²) in [5.41, 5.74) is 1.18. The van der Waals surface area contributed by atoms with Crippen molar-refractivity contribution in [1.29, 1.82) is 0 Å². The third-order valence-electron chi connectivity index (χ3n) is 2.90. The molecule has 0 spiro atoms. The fourth-order valence-electron chi connectivity index (χ4n) is 1.95. The second-order valence-corrected chi connectivity index (χ2v) is 7.50. The molecule has 0 fully saturated rings. The van der Waals surface area contributed by atoms with Crippen molar-refractivity contribution in [3.8, 4) is 5.75 Å². The second-order valence-electron chi connectivity index (χ2n) is 4.20. The minimum Gasteiger partial charge on any atom is -0.496 e. The molecule has 0 aliphatic rings. The van der Waals surface area contributed by atoms with Crippen molar-refractivity contribution in [1.82, 2.24) is 15.5 Å². The van der Waals surface area contributed by atoms with E-state index in [0.717, 1.165) is 26.7 Å². The lowest BCUT2D eigenvalue weighted by atomic mass is 10.1. The van der Waals surface area contributed by atoms with E-state index in [2.05, 4.69) is 28.5 Å². The van der Waals surface area contributed by atoms with Gasteiger partial charge in [-0.25, -0.2) is 0 Å². The van der Waals surface area contributed by atoms with Gasteiger partial charge in [0, 0.05) is 17.4 Å². The molecule has 2 rings (SSSR count). The molecular formula is C14H19N3OS3. The second kappa shape index (κ2) is 8.63. The van der Waals surface area contributed by atoms with E-state index in [1.165, 1.54) is 5.56 Å². The first-order chi connectivity index (χ1) is 10.3. The molecule has 4 nitrogen and oxygen atoms in total. The maximum Gasteiger partial charge on any atom is 0.175 e. The molecule has 0 aliphatic heterocycles. The summed E-state index contributed by atoms with van der Waals surface area (Å²) in [6.45, 7) is 3.03. The zero-order valence-corrected chi connectivity index (χ0v) is 14.8. The van der Waals surface area contributed by atoms with Crippen LogP contribution in [0.3, 0.4) is 0 Å². The van der Waals surface area contributed by atoms with Crippen molar-refractivity contribution in [3.05, 3.63) is 29.8 Å². The van der Waals surface area contributed by atoms with Crippen LogP contribution in [-0.2, 0) is 0 Å². The first-order valence-corrected chi connectivity index (χ1v) is 9.67. The molecule has 0 saturated heterocycles. The number of methoxy groups -OCH3 is 1. The van der Waals surface area contributed by atoms with E-state index < -0.39 is 0 Å². The molecule has 0 amide bonds. The van der Waals surface area contributed by atoms with Gasteiger partial charge in [0.2, 0.25) is 0 Å². The van der Waals surface area contributed by atoms with Gasteiger partial charge in [-0.3, -0.25) is 0 Å². The number of nitrogens with zero attached hydrogens (tertiary/aromatic N) is 2. The van der Waals surface area contributed by atoms with Crippen LogP contribution in [0, 0.1) is 0 Å². The van der Waals surface area contributed by atoms with Crippen LogP contribution in [0.25, 0.3) is 0 Å². The van der Waals surface area contributed by atoms with E-state index in [0.29, 0.717) is 0 Å². The van der Waals surface area contributed by atoms with E-state index in [-0.39, 0.29) is 6.04 Å². The number of aromatic nitrogens is 2. The van der Waals surface area contributed by atoms with E-state index >= 15 is 0 Å². The molecule has 1 N–H and O–H groups in total. The summed E-state index contributed by atoms with van der Waals surface area (Å²) in [6.07, 6.45) is 2.02. The first kappa shape index (κ1) is 16.6. The topological polar surface area (TPSA) is 47.0 Å². The smallest absolute Gasteiger partial charge is 0.175 e. The molecule has 114 valence electrons. The lowest BCUT2D eigenvalue weighted by Gasteiger charge is -2.19. The number of rotatable bonds is 8. The SMILES string of the molecule is CCNC(CSc1nnc(SC)s1)c1ccccc1OC. The minimum absolute atomic E-state index is 0.234. The number of nitrogens with one attached hydrogen (secondary N) is 1. The van der Waals surface area contributed by atoms with Crippen LogP contribution in [0.5, 0.6) is 5.75 Å². The lowest BCUT2D eigenvalue weighted by molar-refractivity contribution is 0.403. The molecule has 21 heavy (non-hydrogen) atoms. The van der Waals surface area contributed by atoms with Gasteiger partial charge in [-0.05, 0) is 18.9 Å². The summed E-state index contributed by atoms with van der Waals surface area (Å²) in [7, 11) is 1.71. The summed E-state index contributed by atoms with van der Waals surface area (Å²) in [4.78, 5) is 0. The Bertz CT molecular complexity index is 562. The highest BCUT2D eigenvalue weighted by Crippen LogP contribution is 2.32. The molecule has 1 aromatic carbocycles. The molecule has 0 bridgehead atoms. The molecule has 1 aromatic heterocycles. The van der Waals surface area contributed by atoms with Gasteiger partial charge < -0.3 is 10.1 Å². The van der Waals surface area contributed by atoms with Gasteiger partial charge in [0.05, 0.1) is 7.11 Å². The molecule has 1 atom stereocenters. The average Bonchev–Trinajstić information content (AvgIpc) is 2.99. The highest BCUT2D eigenvalue weighted by Gasteiger charge is 2.16. The Kier molecular flexibility index (Phi) is 6.82. The van der Waals surface area contributed by atoms with Crippen LogP contribution in [-0.4, -0.2) is 35.9 Å². The van der Waals surface area contributed by atoms with Gasteiger partial charge in [0.15, 0.2) is 8.68 Å². The van der Waals surface area contributed by atoms with Gasteiger partial charge in [-0.1, -0.05) is 60.0 Å². The Labute approximate surface area is 138 Å². The fourth-order valence-corrected chi connectivity index (χ4v) is 4.50. The van der Waals surface area contributed by atoms with Crippen LogP contribution < -0.4 is 10.1 Å². The van der Waals surface area contributed by atoms with Gasteiger partial charge in [0.1, 0.15) is 5.75 Å². The Morgan fingerprint density at radius 2 is 2.05 bits per heavy atom. The number of benzene rings is 1. The predicted octanol–water partition coefficient (Wildman–Crippen LogP) is 3.71. The summed E-state index contributed by atoms with van der Waals surface area (Å²) in [5.74, 6) is 1.82. The number of hydrogen-bond donors (Lipinski definition) is 1. The zero-order valence-electron chi connectivity index (χ0n) is 12.3. The lowest BCUT2D eigenvalue weighted by Crippen LogP contribution is -2.23. The summed E-state index contributed by atoms with van der Waals surface area (Å²) in [5, 5.41) is 11.9. The summed E-state index contributed by atoms with van der Waals surface area (Å²) >= 11 is 5.01. The molecule has 1 unspecified atom stereocenters. The van der Waals surface area contributed by atoms with Crippen molar-refractivity contribution < 1.29 is 4.74 Å². The third kappa shape index (κ3) is 4.60. The van der Waals surface area contributed by atoms with Crippen molar-refractivity contribution in [2.45, 2.75) is 21.6 Å². The largest absolute Gasteiger partial charge is 0.496 e. The monoisotopic (exact) mass is 341 g/mol. The van der Waals surface area contributed by atoms with Crippen LogP contribution in [0.4, 0.5) is 0 Å². The number of thioether (sulfide) groups is 2. The van der Waals surface area contributed by atoms with Crippen LogP contribution in [0.15, 0.2) is 32.9 Å². The maximum absolute atomic E-state index is 5.47. The van der Waals surface area contributed by atoms with Crippen LogP contribution >= 0.6 is 34.9 Å². The predicted molar refractivity (Wildman–Crippen MR) is 91.8 cm³/mol. The molecule has 0 radical (unpaired) electrons. The standard InChI is InChI=1S/C14H19N3OS3/c1-4-15-11(10-7-5-6-8-12(10)18-2)9-20-14-17-16-13(19-3)21-14/h5-8,11,15H,4,9H2,1-3H3. The van der Waals surface area contributed by atoms with Crippen molar-refractivity contribution in [3.63, 3.8) is 0 Å². The highest BCUT2D eigenvalue weighted by atomic mass is 32.2. The Morgan fingerprint density at radius 3 is 2.71 bits per heavy atom. The fraction of sp³-hybridized carbons (Fsp3) is 0.429. The molecule has 1 heterocycles. The number of hydrogen-bond acceptors (Lipinski definition) is 7. The first-order valence-electron chi connectivity index (χ1n) is 6.65. The molecule has 0 saturated carbocycles. The number of para-hydroxylation sites is 1. The van der Waals surface area contributed by atoms with Crippen molar-refractivity contribution >= 4 is 34.9 Å². The van der Waals surface area contributed by atoms with Crippen molar-refractivity contribution in [2.24, 2.45) is 0 Å². The van der Waals surface area contributed by atoms with Crippen LogP contribution in [0.2, 0.25) is 0 Å². The van der Waals surface area contributed by atoms with Gasteiger partial charge >= 0.3 is 0 Å². The average molecular weight is 342 g/mol. The highest BCUT2D eigenvalue weighted by molar-refractivity contribution is 8.02. The maximum atomic E-state index is 5.47. The summed E-state index contributed by atoms with van der Waals surface area (Å²) in [6, 6.07) is 8.39. The van der Waals surface area contributed by atoms with Crippen LogP contribution in [0.1, 0.15) is 18.5 Å². The Hall–Kier alpha value is -0.760. The minimum atomic E-state index is 0.234. The normalized spacial score (nSPS) is 12.3. The van der Waals surface area contributed by atoms with E-state index in [1.54, 1.807) is 42.0 Å². The van der Waals surface area contributed by atoms with Gasteiger partial charge in [-0.15, -0.1) is 10.2 Å². The molecule has 7 heteroatoms. The molecular weight excluding hydrogens is 322 g/mol. The van der Waals surface area contributed by atoms with Crippen molar-refractivity contribution in [2.75, 3.05) is 25.7 Å².